The van der Waals surface area contributed by atoms with Crippen molar-refractivity contribution >= 4 is 35.0 Å². The zero-order chi connectivity index (χ0) is 22.2. The van der Waals surface area contributed by atoms with Gasteiger partial charge >= 0.3 is 0 Å². The second-order valence-electron chi connectivity index (χ2n) is 6.47. The molecule has 0 aliphatic heterocycles. The first-order valence-electron chi connectivity index (χ1n) is 9.35. The molecule has 8 heteroatoms. The number of carbonyl (C=O) groups is 2. The molecule has 0 unspecified atom stereocenters. The number of nitrogens with one attached hydrogen (secondary N) is 2. The van der Waals surface area contributed by atoms with E-state index in [1.807, 2.05) is 18.2 Å². The van der Waals surface area contributed by atoms with Crippen molar-refractivity contribution in [3.05, 3.63) is 77.5 Å². The van der Waals surface area contributed by atoms with Crippen molar-refractivity contribution in [3.63, 3.8) is 0 Å². The summed E-state index contributed by atoms with van der Waals surface area (Å²) in [6, 6.07) is 19.6. The summed E-state index contributed by atoms with van der Waals surface area (Å²) in [6.07, 6.45) is 0. The van der Waals surface area contributed by atoms with E-state index in [1.54, 1.807) is 50.4 Å². The van der Waals surface area contributed by atoms with Crippen LogP contribution >= 0.6 is 11.8 Å². The first-order valence-corrected chi connectivity index (χ1v) is 10.3. The number of para-hydroxylation sites is 1. The quantitative estimate of drug-likeness (QED) is 0.541. The van der Waals surface area contributed by atoms with Gasteiger partial charge in [-0.05, 0) is 49.4 Å². The van der Waals surface area contributed by atoms with E-state index in [-0.39, 0.29) is 23.1 Å². The minimum atomic E-state index is -0.346. The van der Waals surface area contributed by atoms with Crippen molar-refractivity contribution in [2.24, 2.45) is 0 Å². The molecule has 156 valence electrons. The fourth-order valence-corrected chi connectivity index (χ4v) is 3.53. The SMILES string of the molecule is COc1ccc(NC(=O)CSc2nc(C)c(C(=O)Nc3ccccc3)cc2C#N)cc1. The summed E-state index contributed by atoms with van der Waals surface area (Å²) in [5, 5.41) is 15.5. The van der Waals surface area contributed by atoms with Crippen LogP contribution in [0, 0.1) is 18.3 Å². The Balaban J connectivity index is 1.67. The predicted octanol–water partition coefficient (Wildman–Crippen LogP) is 4.25. The van der Waals surface area contributed by atoms with Gasteiger partial charge in [0.15, 0.2) is 0 Å². The number of hydrogen-bond acceptors (Lipinski definition) is 6. The maximum absolute atomic E-state index is 12.6. The van der Waals surface area contributed by atoms with Crippen molar-refractivity contribution in [3.8, 4) is 11.8 Å². The van der Waals surface area contributed by atoms with Crippen LogP contribution in [0.15, 0.2) is 65.7 Å². The minimum absolute atomic E-state index is 0.0721. The second kappa shape index (κ2) is 10.3. The molecule has 0 saturated heterocycles. The number of methoxy groups -OCH3 is 1. The number of nitrogens with zero attached hydrogens (tertiary/aromatic N) is 2. The van der Waals surface area contributed by atoms with Gasteiger partial charge in [-0.2, -0.15) is 5.26 Å². The van der Waals surface area contributed by atoms with Crippen molar-refractivity contribution < 1.29 is 14.3 Å². The molecule has 0 radical (unpaired) electrons. The zero-order valence-corrected chi connectivity index (χ0v) is 17.8. The van der Waals surface area contributed by atoms with Crippen molar-refractivity contribution in [1.82, 2.24) is 4.98 Å². The second-order valence-corrected chi connectivity index (χ2v) is 7.44. The standard InChI is InChI=1S/C23H20N4O3S/c1-15-20(22(29)27-17-6-4-3-5-7-17)12-16(13-24)23(25-15)31-14-21(28)26-18-8-10-19(30-2)11-9-18/h3-12H,14H2,1-2H3,(H,26,28)(H,27,29). The molecule has 2 N–H and O–H groups in total. The fraction of sp³-hybridized carbons (Fsp3) is 0.130. The summed E-state index contributed by atoms with van der Waals surface area (Å²) in [5.74, 6) is 0.191. The topological polar surface area (TPSA) is 104 Å². The number of aryl methyl sites for hydroxylation is 1. The molecule has 1 heterocycles. The van der Waals surface area contributed by atoms with Crippen LogP contribution in [0.2, 0.25) is 0 Å². The Labute approximate surface area is 184 Å². The van der Waals surface area contributed by atoms with E-state index in [9.17, 15) is 14.9 Å². The number of nitriles is 1. The third-order valence-electron chi connectivity index (χ3n) is 4.29. The molecule has 3 aromatic rings. The lowest BCUT2D eigenvalue weighted by Crippen LogP contribution is -2.16. The molecule has 0 fully saturated rings. The summed E-state index contributed by atoms with van der Waals surface area (Å²) in [4.78, 5) is 29.2. The molecule has 0 bridgehead atoms. The molecule has 0 saturated carbocycles. The highest BCUT2D eigenvalue weighted by atomic mass is 32.2. The Bertz CT molecular complexity index is 1130. The van der Waals surface area contributed by atoms with Crippen LogP contribution in [0.4, 0.5) is 11.4 Å². The number of hydrogen-bond donors (Lipinski definition) is 2. The predicted molar refractivity (Wildman–Crippen MR) is 120 cm³/mol. The van der Waals surface area contributed by atoms with Gasteiger partial charge in [-0.3, -0.25) is 9.59 Å². The van der Waals surface area contributed by atoms with Crippen LogP contribution < -0.4 is 15.4 Å². The van der Waals surface area contributed by atoms with Gasteiger partial charge in [-0.15, -0.1) is 0 Å². The van der Waals surface area contributed by atoms with Crippen molar-refractivity contribution in [2.75, 3.05) is 23.5 Å². The zero-order valence-electron chi connectivity index (χ0n) is 17.0. The molecule has 3 rings (SSSR count). The number of carbonyl (C=O) groups excluding carboxylic acids is 2. The number of thioether (sulfide) groups is 1. The summed E-state index contributed by atoms with van der Waals surface area (Å²) < 4.78 is 5.09. The lowest BCUT2D eigenvalue weighted by atomic mass is 10.1. The smallest absolute Gasteiger partial charge is 0.257 e. The van der Waals surface area contributed by atoms with Gasteiger partial charge in [-0.25, -0.2) is 4.98 Å². The lowest BCUT2D eigenvalue weighted by molar-refractivity contribution is -0.113. The van der Waals surface area contributed by atoms with E-state index in [0.29, 0.717) is 33.4 Å². The number of rotatable bonds is 7. The van der Waals surface area contributed by atoms with Crippen molar-refractivity contribution in [2.45, 2.75) is 11.9 Å². The first kappa shape index (κ1) is 21.9. The Morgan fingerprint density at radius 3 is 2.39 bits per heavy atom. The average molecular weight is 433 g/mol. The Hall–Kier alpha value is -3.83. The van der Waals surface area contributed by atoms with Gasteiger partial charge in [-0.1, -0.05) is 30.0 Å². The van der Waals surface area contributed by atoms with Crippen LogP contribution in [0.3, 0.4) is 0 Å². The number of benzene rings is 2. The fourth-order valence-electron chi connectivity index (χ4n) is 2.73. The maximum Gasteiger partial charge on any atom is 0.257 e. The monoisotopic (exact) mass is 432 g/mol. The average Bonchev–Trinajstić information content (AvgIpc) is 2.78. The van der Waals surface area contributed by atoms with Crippen LogP contribution in [-0.4, -0.2) is 29.7 Å². The molecular weight excluding hydrogens is 412 g/mol. The summed E-state index contributed by atoms with van der Waals surface area (Å²) in [7, 11) is 1.57. The van der Waals surface area contributed by atoms with Gasteiger partial charge in [0.2, 0.25) is 5.91 Å². The molecule has 0 aliphatic carbocycles. The minimum Gasteiger partial charge on any atom is -0.497 e. The van der Waals surface area contributed by atoms with Crippen LogP contribution in [0.1, 0.15) is 21.6 Å². The molecule has 2 amide bonds. The number of pyridine rings is 1. The van der Waals surface area contributed by atoms with E-state index in [0.717, 1.165) is 11.8 Å². The molecule has 0 spiro atoms. The Morgan fingerprint density at radius 2 is 1.74 bits per heavy atom. The molecular formula is C23H20N4O3S. The van der Waals surface area contributed by atoms with E-state index in [1.165, 1.54) is 6.07 Å². The molecule has 0 atom stereocenters. The van der Waals surface area contributed by atoms with E-state index in [4.69, 9.17) is 4.74 Å². The van der Waals surface area contributed by atoms with Gasteiger partial charge in [0.25, 0.3) is 5.91 Å². The van der Waals surface area contributed by atoms with Crippen molar-refractivity contribution in [1.29, 1.82) is 5.26 Å². The number of aromatic nitrogens is 1. The van der Waals surface area contributed by atoms with Gasteiger partial charge in [0, 0.05) is 11.4 Å². The molecule has 7 nitrogen and oxygen atoms in total. The van der Waals surface area contributed by atoms with Gasteiger partial charge in [0.05, 0.1) is 29.7 Å². The van der Waals surface area contributed by atoms with E-state index >= 15 is 0 Å². The Morgan fingerprint density at radius 1 is 1.06 bits per heavy atom. The number of ether oxygens (including phenoxy) is 1. The summed E-state index contributed by atoms with van der Waals surface area (Å²) in [5.41, 5.74) is 2.33. The molecule has 31 heavy (non-hydrogen) atoms. The van der Waals surface area contributed by atoms with Crippen LogP contribution in [-0.2, 0) is 4.79 Å². The highest BCUT2D eigenvalue weighted by Gasteiger charge is 2.16. The van der Waals surface area contributed by atoms with Crippen LogP contribution in [0.5, 0.6) is 5.75 Å². The van der Waals surface area contributed by atoms with E-state index in [2.05, 4.69) is 21.7 Å². The third-order valence-corrected chi connectivity index (χ3v) is 5.28. The maximum atomic E-state index is 12.6. The van der Waals surface area contributed by atoms with Crippen LogP contribution in [0.25, 0.3) is 0 Å². The highest BCUT2D eigenvalue weighted by molar-refractivity contribution is 8.00. The third kappa shape index (κ3) is 5.84. The van der Waals surface area contributed by atoms with E-state index < -0.39 is 0 Å². The molecule has 2 aromatic carbocycles. The number of anilines is 2. The molecule has 1 aromatic heterocycles. The normalized spacial score (nSPS) is 10.1. The van der Waals surface area contributed by atoms with Gasteiger partial charge in [0.1, 0.15) is 16.8 Å². The largest absolute Gasteiger partial charge is 0.497 e. The summed E-state index contributed by atoms with van der Waals surface area (Å²) in [6.45, 7) is 1.70. The molecule has 0 aliphatic rings. The Kier molecular flexibility index (Phi) is 7.25. The highest BCUT2D eigenvalue weighted by Crippen LogP contribution is 2.24. The number of amides is 2. The summed E-state index contributed by atoms with van der Waals surface area (Å²) >= 11 is 1.14. The first-order chi connectivity index (χ1) is 15.0. The van der Waals surface area contributed by atoms with Gasteiger partial charge < -0.3 is 15.4 Å². The lowest BCUT2D eigenvalue weighted by Gasteiger charge is -2.11.